The van der Waals surface area contributed by atoms with Gasteiger partial charge in [0, 0.05) is 18.8 Å². The summed E-state index contributed by atoms with van der Waals surface area (Å²) >= 11 is 0. The van der Waals surface area contributed by atoms with Gasteiger partial charge in [0.25, 0.3) is 0 Å². The first-order chi connectivity index (χ1) is 16.3. The summed E-state index contributed by atoms with van der Waals surface area (Å²) in [6.45, 7) is 8.49. The lowest BCUT2D eigenvalue weighted by atomic mass is 10.0. The molecule has 0 fully saturated rings. The highest BCUT2D eigenvalue weighted by Gasteiger charge is 2.02. The maximum absolute atomic E-state index is 5.88. The Bertz CT molecular complexity index is 724. The van der Waals surface area contributed by atoms with E-state index in [0.29, 0.717) is 0 Å². The van der Waals surface area contributed by atoms with Crippen LogP contribution in [0.4, 0.5) is 0 Å². The first-order valence-corrected chi connectivity index (χ1v) is 13.2. The van der Waals surface area contributed by atoms with E-state index in [0.717, 1.165) is 68.9 Å². The third-order valence-corrected chi connectivity index (χ3v) is 5.91. The van der Waals surface area contributed by atoms with Gasteiger partial charge in [0.2, 0.25) is 0 Å². The lowest BCUT2D eigenvalue weighted by Gasteiger charge is -2.08. The molecule has 0 spiro atoms. The molecule has 0 aliphatic heterocycles. The topological polar surface area (TPSA) is 31.4 Å². The summed E-state index contributed by atoms with van der Waals surface area (Å²) in [5.41, 5.74) is 3.55. The summed E-state index contributed by atoms with van der Waals surface area (Å²) in [6, 6.07) is 12.9. The van der Waals surface area contributed by atoms with Crippen molar-refractivity contribution < 1.29 is 9.47 Å². The summed E-state index contributed by atoms with van der Waals surface area (Å²) in [5.74, 6) is 0.864. The highest BCUT2D eigenvalue weighted by Crippen LogP contribution is 2.21. The molecule has 0 saturated carbocycles. The number of ether oxygens (including phenoxy) is 2. The van der Waals surface area contributed by atoms with Crippen molar-refractivity contribution in [2.75, 3.05) is 19.8 Å². The molecule has 1 heterocycles. The van der Waals surface area contributed by atoms with Gasteiger partial charge in [0.05, 0.1) is 18.5 Å². The van der Waals surface area contributed by atoms with E-state index in [9.17, 15) is 0 Å². The van der Waals surface area contributed by atoms with Gasteiger partial charge in [-0.25, -0.2) is 0 Å². The molecule has 33 heavy (non-hydrogen) atoms. The van der Waals surface area contributed by atoms with Crippen molar-refractivity contribution in [3.63, 3.8) is 0 Å². The van der Waals surface area contributed by atoms with Crippen molar-refractivity contribution in [3.05, 3.63) is 60.8 Å². The van der Waals surface area contributed by atoms with Crippen LogP contribution in [0.25, 0.3) is 11.3 Å². The SMILES string of the molecule is C=CCCCCCCCCCOc1ccc(-c2ccc(CCCCCOCCC)cc2)nc1. The minimum atomic E-state index is 0.775. The summed E-state index contributed by atoms with van der Waals surface area (Å²) in [7, 11) is 0. The smallest absolute Gasteiger partial charge is 0.137 e. The Morgan fingerprint density at radius 1 is 0.758 bits per heavy atom. The quantitative estimate of drug-likeness (QED) is 0.149. The highest BCUT2D eigenvalue weighted by molar-refractivity contribution is 5.59. The first kappa shape index (κ1) is 27.1. The van der Waals surface area contributed by atoms with E-state index < -0.39 is 0 Å². The van der Waals surface area contributed by atoms with Gasteiger partial charge in [-0.05, 0) is 62.6 Å². The number of rotatable bonds is 20. The van der Waals surface area contributed by atoms with Crippen molar-refractivity contribution in [2.24, 2.45) is 0 Å². The average Bonchev–Trinajstić information content (AvgIpc) is 2.85. The average molecular weight is 452 g/mol. The van der Waals surface area contributed by atoms with Crippen molar-refractivity contribution in [1.82, 2.24) is 4.98 Å². The van der Waals surface area contributed by atoms with E-state index in [1.54, 1.807) is 0 Å². The number of aryl methyl sites for hydroxylation is 1. The van der Waals surface area contributed by atoms with Crippen molar-refractivity contribution in [1.29, 1.82) is 0 Å². The van der Waals surface area contributed by atoms with E-state index in [-0.39, 0.29) is 0 Å². The Morgan fingerprint density at radius 2 is 1.45 bits per heavy atom. The minimum absolute atomic E-state index is 0.775. The number of pyridine rings is 1. The van der Waals surface area contributed by atoms with Crippen LogP contribution in [0.1, 0.15) is 89.5 Å². The highest BCUT2D eigenvalue weighted by atomic mass is 16.5. The number of hydrogen-bond acceptors (Lipinski definition) is 3. The van der Waals surface area contributed by atoms with Crippen LogP contribution in [-0.4, -0.2) is 24.8 Å². The minimum Gasteiger partial charge on any atom is -0.492 e. The van der Waals surface area contributed by atoms with Gasteiger partial charge in [-0.2, -0.15) is 0 Å². The molecule has 0 N–H and O–H groups in total. The van der Waals surface area contributed by atoms with Crippen molar-refractivity contribution in [2.45, 2.75) is 90.4 Å². The van der Waals surface area contributed by atoms with Crippen LogP contribution >= 0.6 is 0 Å². The van der Waals surface area contributed by atoms with E-state index >= 15 is 0 Å². The lowest BCUT2D eigenvalue weighted by Crippen LogP contribution is -1.98. The first-order valence-electron chi connectivity index (χ1n) is 13.2. The predicted molar refractivity (Wildman–Crippen MR) is 141 cm³/mol. The van der Waals surface area contributed by atoms with Gasteiger partial charge in [0.15, 0.2) is 0 Å². The van der Waals surface area contributed by atoms with Crippen LogP contribution < -0.4 is 4.74 Å². The number of nitrogens with zero attached hydrogens (tertiary/aromatic N) is 1. The molecule has 0 atom stereocenters. The maximum atomic E-state index is 5.88. The molecule has 1 aromatic heterocycles. The van der Waals surface area contributed by atoms with Crippen molar-refractivity contribution in [3.8, 4) is 17.0 Å². The van der Waals surface area contributed by atoms with E-state index in [1.165, 1.54) is 56.9 Å². The van der Waals surface area contributed by atoms with E-state index in [4.69, 9.17) is 9.47 Å². The molecule has 2 aromatic rings. The molecule has 3 heteroatoms. The second-order valence-corrected chi connectivity index (χ2v) is 8.90. The molecule has 0 unspecified atom stereocenters. The third-order valence-electron chi connectivity index (χ3n) is 5.91. The standard InChI is InChI=1S/C30H45NO2/c1-3-5-6-7-8-9-10-11-15-25-33-29-21-22-30(31-26-29)28-19-17-27(18-20-28)16-13-12-14-24-32-23-4-2/h3,17-22,26H,1,4-16,23-25H2,2H3. The third kappa shape index (κ3) is 12.6. The van der Waals surface area contributed by atoms with Crippen LogP contribution in [0.5, 0.6) is 5.75 Å². The van der Waals surface area contributed by atoms with Gasteiger partial charge in [-0.1, -0.05) is 75.8 Å². The summed E-state index contributed by atoms with van der Waals surface area (Å²) in [4.78, 5) is 4.61. The largest absolute Gasteiger partial charge is 0.492 e. The fourth-order valence-corrected chi connectivity index (χ4v) is 3.90. The van der Waals surface area contributed by atoms with Crippen LogP contribution in [0.15, 0.2) is 55.3 Å². The maximum Gasteiger partial charge on any atom is 0.137 e. The zero-order chi connectivity index (χ0) is 23.4. The Morgan fingerprint density at radius 3 is 2.15 bits per heavy atom. The molecule has 3 nitrogen and oxygen atoms in total. The van der Waals surface area contributed by atoms with E-state index in [1.807, 2.05) is 18.3 Å². The van der Waals surface area contributed by atoms with E-state index in [2.05, 4.69) is 48.8 Å². The number of hydrogen-bond donors (Lipinski definition) is 0. The fourth-order valence-electron chi connectivity index (χ4n) is 3.90. The van der Waals surface area contributed by atoms with Gasteiger partial charge < -0.3 is 9.47 Å². The zero-order valence-corrected chi connectivity index (χ0v) is 20.9. The molecule has 0 aliphatic rings. The Labute approximate surface area is 202 Å². The Hall–Kier alpha value is -2.13. The summed E-state index contributed by atoms with van der Waals surface area (Å²) in [6.07, 6.45) is 19.8. The number of aromatic nitrogens is 1. The zero-order valence-electron chi connectivity index (χ0n) is 20.9. The summed E-state index contributed by atoms with van der Waals surface area (Å²) in [5, 5.41) is 0. The molecule has 2 rings (SSSR count). The van der Waals surface area contributed by atoms with Gasteiger partial charge in [-0.15, -0.1) is 6.58 Å². The van der Waals surface area contributed by atoms with Gasteiger partial charge in [-0.3, -0.25) is 4.98 Å². The Balaban J connectivity index is 1.58. The normalized spacial score (nSPS) is 10.9. The van der Waals surface area contributed by atoms with Crippen LogP contribution in [-0.2, 0) is 11.2 Å². The van der Waals surface area contributed by atoms with Crippen LogP contribution in [0.3, 0.4) is 0 Å². The van der Waals surface area contributed by atoms with Crippen LogP contribution in [0.2, 0.25) is 0 Å². The molecule has 0 aliphatic carbocycles. The van der Waals surface area contributed by atoms with Gasteiger partial charge in [0.1, 0.15) is 5.75 Å². The molecule has 0 bridgehead atoms. The molecule has 182 valence electrons. The monoisotopic (exact) mass is 451 g/mol. The number of benzene rings is 1. The molecule has 0 amide bonds. The second kappa shape index (κ2) is 18.3. The fraction of sp³-hybridized carbons (Fsp3) is 0.567. The second-order valence-electron chi connectivity index (χ2n) is 8.90. The Kier molecular flexibility index (Phi) is 15.0. The number of allylic oxidation sites excluding steroid dienone is 1. The molecule has 0 saturated heterocycles. The molecular weight excluding hydrogens is 406 g/mol. The van der Waals surface area contributed by atoms with Gasteiger partial charge >= 0.3 is 0 Å². The predicted octanol–water partition coefficient (Wildman–Crippen LogP) is 8.57. The number of unbranched alkanes of at least 4 members (excludes halogenated alkanes) is 9. The molecular formula is C30H45NO2. The van der Waals surface area contributed by atoms with Crippen molar-refractivity contribution >= 4 is 0 Å². The molecule has 1 aromatic carbocycles. The summed E-state index contributed by atoms with van der Waals surface area (Å²) < 4.78 is 11.4. The van der Waals surface area contributed by atoms with Crippen LogP contribution in [0, 0.1) is 0 Å². The molecule has 0 radical (unpaired) electrons. The lowest BCUT2D eigenvalue weighted by molar-refractivity contribution is 0.130.